The highest BCUT2D eigenvalue weighted by Crippen LogP contribution is 2.10. The molecule has 1 heteroatoms. The van der Waals surface area contributed by atoms with Crippen molar-refractivity contribution in [2.75, 3.05) is 0 Å². The van der Waals surface area contributed by atoms with E-state index in [9.17, 15) is 0 Å². The molecule has 0 aromatic heterocycles. The molecule has 0 aromatic rings. The van der Waals surface area contributed by atoms with Gasteiger partial charge in [0.1, 0.15) is 7.28 Å². The summed E-state index contributed by atoms with van der Waals surface area (Å²) in [5.41, 5.74) is 0. The summed E-state index contributed by atoms with van der Waals surface area (Å²) in [6.45, 7) is 4.57. The van der Waals surface area contributed by atoms with Crippen LogP contribution in [-0.2, 0) is 0 Å². The molecule has 0 aliphatic heterocycles. The monoisotopic (exact) mass is 237 g/mol. The minimum Gasteiger partial charge on any atom is -0.0803 e. The maximum absolute atomic E-state index is 2.53. The molecule has 0 aromatic carbocycles. The van der Waals surface area contributed by atoms with E-state index < -0.39 is 0 Å². The number of hydrogen-bond donors (Lipinski definition) is 0. The Morgan fingerprint density at radius 2 is 0.824 bits per heavy atom. The Bertz CT molecular complexity index is 109. The second-order valence-electron chi connectivity index (χ2n) is 5.40. The van der Waals surface area contributed by atoms with E-state index in [4.69, 9.17) is 0 Å². The molecule has 0 fully saturated rings. The van der Waals surface area contributed by atoms with Crippen molar-refractivity contribution in [2.24, 2.45) is 0 Å². The van der Waals surface area contributed by atoms with Crippen LogP contribution in [0.5, 0.6) is 0 Å². The Labute approximate surface area is 111 Å². The highest BCUT2D eigenvalue weighted by molar-refractivity contribution is 6.35. The second kappa shape index (κ2) is 16.1. The van der Waals surface area contributed by atoms with E-state index >= 15 is 0 Å². The van der Waals surface area contributed by atoms with Gasteiger partial charge in [0.2, 0.25) is 0 Å². The van der Waals surface area contributed by atoms with Gasteiger partial charge in [0, 0.05) is 0 Å². The van der Waals surface area contributed by atoms with Crippen LogP contribution in [0.15, 0.2) is 0 Å². The van der Waals surface area contributed by atoms with Crippen LogP contribution in [0.2, 0.25) is 12.6 Å². The van der Waals surface area contributed by atoms with E-state index in [1.807, 2.05) is 0 Å². The lowest BCUT2D eigenvalue weighted by atomic mass is 9.68. The van der Waals surface area contributed by atoms with Crippen LogP contribution < -0.4 is 0 Å². The van der Waals surface area contributed by atoms with Crippen LogP contribution in [0.3, 0.4) is 0 Å². The third-order valence-corrected chi connectivity index (χ3v) is 3.52. The first kappa shape index (κ1) is 17.1. The molecule has 0 saturated heterocycles. The van der Waals surface area contributed by atoms with Crippen molar-refractivity contribution >= 4 is 7.28 Å². The predicted molar refractivity (Wildman–Crippen MR) is 82.1 cm³/mol. The van der Waals surface area contributed by atoms with Crippen molar-refractivity contribution in [3.8, 4) is 0 Å². The lowest BCUT2D eigenvalue weighted by Gasteiger charge is -2.01. The van der Waals surface area contributed by atoms with Crippen LogP contribution in [0, 0.1) is 0 Å². The topological polar surface area (TPSA) is 0 Å². The van der Waals surface area contributed by atoms with Gasteiger partial charge in [-0.05, 0) is 0 Å². The Morgan fingerprint density at radius 1 is 0.471 bits per heavy atom. The maximum atomic E-state index is 2.53. The molecule has 0 heterocycles. The van der Waals surface area contributed by atoms with E-state index in [0.29, 0.717) is 0 Å². The van der Waals surface area contributed by atoms with Crippen molar-refractivity contribution in [3.63, 3.8) is 0 Å². The van der Waals surface area contributed by atoms with E-state index in [2.05, 4.69) is 21.1 Å². The Balaban J connectivity index is 2.85. The van der Waals surface area contributed by atoms with E-state index in [-0.39, 0.29) is 0 Å². The molecule has 0 saturated carbocycles. The van der Waals surface area contributed by atoms with Gasteiger partial charge in [-0.1, -0.05) is 104 Å². The van der Waals surface area contributed by atoms with Gasteiger partial charge in [-0.2, -0.15) is 0 Å². The van der Waals surface area contributed by atoms with Crippen molar-refractivity contribution in [1.82, 2.24) is 0 Å². The summed E-state index contributed by atoms with van der Waals surface area (Å²) >= 11 is 0. The molecule has 0 unspecified atom stereocenters. The minimum absolute atomic E-state index is 1.36. The van der Waals surface area contributed by atoms with Crippen LogP contribution in [0.1, 0.15) is 90.9 Å². The first-order valence-corrected chi connectivity index (χ1v) is 8.23. The zero-order chi connectivity index (χ0) is 12.6. The molecule has 0 nitrogen and oxygen atoms in total. The molecule has 0 N–H and O–H groups in total. The lowest BCUT2D eigenvalue weighted by Crippen LogP contribution is -1.90. The third kappa shape index (κ3) is 16.1. The fourth-order valence-electron chi connectivity index (χ4n) is 2.28. The first-order chi connectivity index (χ1) is 8.41. The largest absolute Gasteiger partial charge is 0.109 e. The van der Waals surface area contributed by atoms with Gasteiger partial charge in [-0.25, -0.2) is 0 Å². The minimum atomic E-state index is 1.36. The van der Waals surface area contributed by atoms with Gasteiger partial charge in [0.15, 0.2) is 0 Å². The number of rotatable bonds is 14. The van der Waals surface area contributed by atoms with Crippen LogP contribution >= 0.6 is 0 Å². The van der Waals surface area contributed by atoms with Crippen molar-refractivity contribution < 1.29 is 0 Å². The zero-order valence-corrected chi connectivity index (χ0v) is 12.5. The zero-order valence-electron chi connectivity index (χ0n) is 12.5. The maximum Gasteiger partial charge on any atom is 0.109 e. The molecule has 0 spiro atoms. The van der Waals surface area contributed by atoms with E-state index in [1.165, 1.54) is 89.7 Å². The summed E-state index contributed by atoms with van der Waals surface area (Å²) in [7, 11) is 2.53. The van der Waals surface area contributed by atoms with Crippen molar-refractivity contribution in [1.29, 1.82) is 0 Å². The molecular formula is C16H34B. The predicted octanol–water partition coefficient (Wildman–Crippen LogP) is 6.25. The standard InChI is InChI=1S/C16H34B/c1-3-5-7-9-11-13-15-17-16-14-12-10-8-6-4-2/h3-16H2,1-2H3. The fraction of sp³-hybridized carbons (Fsp3) is 1.00. The molecule has 101 valence electrons. The van der Waals surface area contributed by atoms with Crippen LogP contribution in [0.4, 0.5) is 0 Å². The summed E-state index contributed by atoms with van der Waals surface area (Å²) in [6, 6.07) is 0. The number of hydrogen-bond acceptors (Lipinski definition) is 0. The summed E-state index contributed by atoms with van der Waals surface area (Å²) in [5, 5.41) is 0. The summed E-state index contributed by atoms with van der Waals surface area (Å²) in [5.74, 6) is 0. The van der Waals surface area contributed by atoms with Gasteiger partial charge in [0.05, 0.1) is 0 Å². The lowest BCUT2D eigenvalue weighted by molar-refractivity contribution is 0.618. The van der Waals surface area contributed by atoms with Gasteiger partial charge < -0.3 is 0 Å². The first-order valence-electron chi connectivity index (χ1n) is 8.23. The molecule has 1 radical (unpaired) electrons. The Kier molecular flexibility index (Phi) is 16.1. The van der Waals surface area contributed by atoms with Crippen molar-refractivity contribution in [3.05, 3.63) is 0 Å². The molecule has 0 aliphatic rings. The highest BCUT2D eigenvalue weighted by atomic mass is 13.9. The summed E-state index contributed by atoms with van der Waals surface area (Å²) in [6.07, 6.45) is 19.9. The normalized spacial score (nSPS) is 10.7. The Morgan fingerprint density at radius 3 is 1.24 bits per heavy atom. The van der Waals surface area contributed by atoms with Gasteiger partial charge in [-0.15, -0.1) is 0 Å². The average Bonchev–Trinajstić information content (AvgIpc) is 2.35. The summed E-state index contributed by atoms with van der Waals surface area (Å²) in [4.78, 5) is 0. The SMILES string of the molecule is CCCCCCCC[B]CCCCCCCC. The number of unbranched alkanes of at least 4 members (excludes halogenated alkanes) is 10. The van der Waals surface area contributed by atoms with Crippen LogP contribution in [0.25, 0.3) is 0 Å². The van der Waals surface area contributed by atoms with E-state index in [0.717, 1.165) is 0 Å². The molecule has 17 heavy (non-hydrogen) atoms. The quantitative estimate of drug-likeness (QED) is 0.247. The third-order valence-electron chi connectivity index (χ3n) is 3.52. The smallest absolute Gasteiger partial charge is 0.0803 e. The van der Waals surface area contributed by atoms with Crippen LogP contribution in [-0.4, -0.2) is 7.28 Å². The molecule has 0 rings (SSSR count). The molecule has 0 amide bonds. The van der Waals surface area contributed by atoms with Gasteiger partial charge >= 0.3 is 0 Å². The molecule has 0 aliphatic carbocycles. The second-order valence-corrected chi connectivity index (χ2v) is 5.40. The molecular weight excluding hydrogens is 203 g/mol. The highest BCUT2D eigenvalue weighted by Gasteiger charge is 1.94. The molecule has 0 bridgehead atoms. The summed E-state index contributed by atoms with van der Waals surface area (Å²) < 4.78 is 0. The fourth-order valence-corrected chi connectivity index (χ4v) is 2.28. The average molecular weight is 237 g/mol. The Hall–Kier alpha value is 0.0649. The molecule has 0 atom stereocenters. The van der Waals surface area contributed by atoms with Gasteiger partial charge in [-0.3, -0.25) is 0 Å². The van der Waals surface area contributed by atoms with Crippen molar-refractivity contribution in [2.45, 2.75) is 104 Å². The van der Waals surface area contributed by atoms with Gasteiger partial charge in [0.25, 0.3) is 0 Å². The van der Waals surface area contributed by atoms with E-state index in [1.54, 1.807) is 0 Å².